The number of aldehydes is 1. The molecule has 1 aromatic heterocycles. The van der Waals surface area contributed by atoms with Crippen LogP contribution in [0, 0.1) is 0 Å². The third-order valence-corrected chi connectivity index (χ3v) is 2.83. The highest BCUT2D eigenvalue weighted by atomic mass is 32.1. The zero-order chi connectivity index (χ0) is 13.1. The Labute approximate surface area is 98.8 Å². The summed E-state index contributed by atoms with van der Waals surface area (Å²) in [5.41, 5.74) is 0.0397. The van der Waals surface area contributed by atoms with E-state index in [4.69, 9.17) is 0 Å². The standard InChI is InChI=1S/C9H9F3N2O2S/c1-13-8(16)14-7-5(4-15)2-6(17-7)3-9(10,11)12/h2,4H,3H2,1H3,(H2,13,14,16). The number of carbonyl (C=O) groups excluding carboxylic acids is 2. The van der Waals surface area contributed by atoms with Crippen molar-refractivity contribution in [3.05, 3.63) is 16.5 Å². The molecule has 2 N–H and O–H groups in total. The van der Waals surface area contributed by atoms with Crippen molar-refractivity contribution in [3.8, 4) is 0 Å². The number of hydrogen-bond acceptors (Lipinski definition) is 3. The second kappa shape index (κ2) is 5.17. The minimum absolute atomic E-state index is 0.0222. The van der Waals surface area contributed by atoms with Gasteiger partial charge in [-0.2, -0.15) is 13.2 Å². The number of nitrogens with one attached hydrogen (secondary N) is 2. The SMILES string of the molecule is CNC(=O)Nc1sc(CC(F)(F)F)cc1C=O. The molecular formula is C9H9F3N2O2S. The van der Waals surface area contributed by atoms with Gasteiger partial charge in [0.1, 0.15) is 5.00 Å². The first-order chi connectivity index (χ1) is 7.85. The van der Waals surface area contributed by atoms with Crippen molar-refractivity contribution in [2.75, 3.05) is 12.4 Å². The van der Waals surface area contributed by atoms with Gasteiger partial charge in [0.2, 0.25) is 0 Å². The maximum Gasteiger partial charge on any atom is 0.393 e. The normalized spacial score (nSPS) is 11.1. The summed E-state index contributed by atoms with van der Waals surface area (Å²) in [6, 6.07) is 0.532. The van der Waals surface area contributed by atoms with Crippen molar-refractivity contribution >= 4 is 28.7 Å². The maximum atomic E-state index is 12.1. The molecule has 0 unspecified atom stereocenters. The Morgan fingerprint density at radius 3 is 2.65 bits per heavy atom. The molecule has 94 valence electrons. The van der Waals surface area contributed by atoms with Crippen LogP contribution in [0.3, 0.4) is 0 Å². The van der Waals surface area contributed by atoms with E-state index < -0.39 is 18.6 Å². The zero-order valence-corrected chi connectivity index (χ0v) is 9.54. The van der Waals surface area contributed by atoms with Gasteiger partial charge in [-0.05, 0) is 6.07 Å². The number of thiophene rings is 1. The molecule has 1 rings (SSSR count). The molecule has 1 aromatic rings. The lowest BCUT2D eigenvalue weighted by molar-refractivity contribution is -0.126. The summed E-state index contributed by atoms with van der Waals surface area (Å²) >= 11 is 0.731. The van der Waals surface area contributed by atoms with Crippen LogP contribution in [0.1, 0.15) is 15.2 Å². The summed E-state index contributed by atoms with van der Waals surface area (Å²) < 4.78 is 36.4. The van der Waals surface area contributed by atoms with Crippen LogP contribution in [0.25, 0.3) is 0 Å². The number of anilines is 1. The van der Waals surface area contributed by atoms with E-state index in [9.17, 15) is 22.8 Å². The third-order valence-electron chi connectivity index (χ3n) is 1.77. The maximum absolute atomic E-state index is 12.1. The van der Waals surface area contributed by atoms with Crippen LogP contribution in [0.2, 0.25) is 0 Å². The van der Waals surface area contributed by atoms with E-state index in [0.29, 0.717) is 6.29 Å². The van der Waals surface area contributed by atoms with Crippen LogP contribution in [-0.2, 0) is 6.42 Å². The number of halogens is 3. The first kappa shape index (κ1) is 13.5. The Morgan fingerprint density at radius 2 is 2.18 bits per heavy atom. The Balaban J connectivity index is 2.90. The molecule has 0 aromatic carbocycles. The summed E-state index contributed by atoms with van der Waals surface area (Å²) in [6.07, 6.45) is -5.05. The molecule has 0 atom stereocenters. The van der Waals surface area contributed by atoms with Gasteiger partial charge in [-0.1, -0.05) is 0 Å². The Morgan fingerprint density at radius 1 is 1.53 bits per heavy atom. The van der Waals surface area contributed by atoms with Crippen LogP contribution in [0.15, 0.2) is 6.07 Å². The number of urea groups is 1. The van der Waals surface area contributed by atoms with E-state index in [1.165, 1.54) is 7.05 Å². The lowest BCUT2D eigenvalue weighted by Crippen LogP contribution is -2.24. The zero-order valence-electron chi connectivity index (χ0n) is 8.72. The van der Waals surface area contributed by atoms with Crippen molar-refractivity contribution in [1.82, 2.24) is 5.32 Å². The number of carbonyl (C=O) groups is 2. The number of hydrogen-bond donors (Lipinski definition) is 2. The number of amides is 2. The van der Waals surface area contributed by atoms with Crippen LogP contribution < -0.4 is 10.6 Å². The number of alkyl halides is 3. The summed E-state index contributed by atoms with van der Waals surface area (Å²) in [5, 5.41) is 4.64. The van der Waals surface area contributed by atoms with Gasteiger partial charge in [-0.3, -0.25) is 10.1 Å². The van der Waals surface area contributed by atoms with Gasteiger partial charge in [-0.15, -0.1) is 11.3 Å². The second-order valence-electron chi connectivity index (χ2n) is 3.11. The first-order valence-electron chi connectivity index (χ1n) is 4.49. The molecule has 0 bridgehead atoms. The monoisotopic (exact) mass is 266 g/mol. The molecule has 0 saturated heterocycles. The largest absolute Gasteiger partial charge is 0.393 e. The molecule has 17 heavy (non-hydrogen) atoms. The highest BCUT2D eigenvalue weighted by Crippen LogP contribution is 2.31. The highest BCUT2D eigenvalue weighted by Gasteiger charge is 2.29. The molecule has 4 nitrogen and oxygen atoms in total. The van der Waals surface area contributed by atoms with Crippen LogP contribution in [0.5, 0.6) is 0 Å². The smallest absolute Gasteiger partial charge is 0.341 e. The quantitative estimate of drug-likeness (QED) is 0.825. The van der Waals surface area contributed by atoms with Gasteiger partial charge in [0.05, 0.1) is 6.42 Å². The van der Waals surface area contributed by atoms with Gasteiger partial charge >= 0.3 is 12.2 Å². The first-order valence-corrected chi connectivity index (χ1v) is 5.30. The van der Waals surface area contributed by atoms with Crippen LogP contribution in [-0.4, -0.2) is 25.5 Å². The van der Waals surface area contributed by atoms with Crippen molar-refractivity contribution in [3.63, 3.8) is 0 Å². The lowest BCUT2D eigenvalue weighted by Gasteiger charge is -2.03. The van der Waals surface area contributed by atoms with Crippen molar-refractivity contribution < 1.29 is 22.8 Å². The van der Waals surface area contributed by atoms with E-state index in [-0.39, 0.29) is 15.4 Å². The molecule has 0 spiro atoms. The number of rotatable bonds is 3. The third kappa shape index (κ3) is 4.06. The highest BCUT2D eigenvalue weighted by molar-refractivity contribution is 7.16. The van der Waals surface area contributed by atoms with E-state index in [0.717, 1.165) is 17.4 Å². The molecule has 2 amide bonds. The Hall–Kier alpha value is -1.57. The fourth-order valence-electron chi connectivity index (χ4n) is 1.09. The molecule has 1 heterocycles. The fraction of sp³-hybridized carbons (Fsp3) is 0.333. The van der Waals surface area contributed by atoms with Crippen molar-refractivity contribution in [1.29, 1.82) is 0 Å². The second-order valence-corrected chi connectivity index (χ2v) is 4.25. The molecule has 0 aliphatic rings. The molecule has 0 saturated carbocycles. The van der Waals surface area contributed by atoms with E-state index in [1.54, 1.807) is 0 Å². The molecule has 0 aliphatic heterocycles. The minimum atomic E-state index is -4.34. The predicted molar refractivity (Wildman–Crippen MR) is 57.5 cm³/mol. The van der Waals surface area contributed by atoms with Gasteiger partial charge in [0.15, 0.2) is 6.29 Å². The van der Waals surface area contributed by atoms with E-state index in [1.807, 2.05) is 0 Å². The van der Waals surface area contributed by atoms with Crippen LogP contribution >= 0.6 is 11.3 Å². The summed E-state index contributed by atoms with van der Waals surface area (Å²) in [7, 11) is 1.36. The molecule has 0 radical (unpaired) electrons. The van der Waals surface area contributed by atoms with Gasteiger partial charge in [0, 0.05) is 17.5 Å². The lowest BCUT2D eigenvalue weighted by atomic mass is 10.2. The molecular weight excluding hydrogens is 257 g/mol. The summed E-state index contributed by atoms with van der Waals surface area (Å²) in [5.74, 6) is 0. The summed E-state index contributed by atoms with van der Waals surface area (Å²) in [4.78, 5) is 21.6. The molecule has 0 fully saturated rings. The Bertz CT molecular complexity index is 428. The average molecular weight is 266 g/mol. The molecule has 0 aliphatic carbocycles. The summed E-state index contributed by atoms with van der Waals surface area (Å²) in [6.45, 7) is 0. The van der Waals surface area contributed by atoms with Crippen molar-refractivity contribution in [2.45, 2.75) is 12.6 Å². The van der Waals surface area contributed by atoms with Gasteiger partial charge in [0.25, 0.3) is 0 Å². The van der Waals surface area contributed by atoms with Gasteiger partial charge < -0.3 is 5.32 Å². The molecule has 8 heteroatoms. The van der Waals surface area contributed by atoms with Crippen LogP contribution in [0.4, 0.5) is 23.0 Å². The fourth-order valence-corrected chi connectivity index (χ4v) is 2.15. The van der Waals surface area contributed by atoms with Gasteiger partial charge in [-0.25, -0.2) is 4.79 Å². The van der Waals surface area contributed by atoms with Crippen molar-refractivity contribution in [2.24, 2.45) is 0 Å². The minimum Gasteiger partial charge on any atom is -0.341 e. The van der Waals surface area contributed by atoms with E-state index >= 15 is 0 Å². The topological polar surface area (TPSA) is 58.2 Å². The predicted octanol–water partition coefficient (Wildman–Crippen LogP) is 2.42. The Kier molecular flexibility index (Phi) is 4.11. The van der Waals surface area contributed by atoms with E-state index in [2.05, 4.69) is 10.6 Å². The average Bonchev–Trinajstić information content (AvgIpc) is 2.57.